The second-order valence-corrected chi connectivity index (χ2v) is 6.21. The molecule has 2 amide bonds. The number of hydrogen-bond acceptors (Lipinski definition) is 4. The first kappa shape index (κ1) is 17.2. The number of fused-ring (bicyclic) bond motifs is 1. The lowest BCUT2D eigenvalue weighted by Crippen LogP contribution is -2.47. The number of nitrogens with one attached hydrogen (secondary N) is 1. The molecule has 0 aliphatic rings. The van der Waals surface area contributed by atoms with Gasteiger partial charge in [0, 0.05) is 25.7 Å². The number of rotatable bonds is 7. The third-order valence-electron chi connectivity index (χ3n) is 3.48. The molecule has 0 aromatic carbocycles. The topological polar surface area (TPSA) is 82.8 Å². The van der Waals surface area contributed by atoms with E-state index >= 15 is 0 Å². The molecule has 0 radical (unpaired) electrons. The first-order valence-corrected chi connectivity index (χ1v) is 7.94. The van der Waals surface area contributed by atoms with Gasteiger partial charge in [-0.25, -0.2) is 4.79 Å². The van der Waals surface area contributed by atoms with Gasteiger partial charge in [-0.05, 0) is 39.3 Å². The minimum Gasteiger partial charge on any atom is -0.389 e. The molecule has 23 heavy (non-hydrogen) atoms. The van der Waals surface area contributed by atoms with E-state index in [1.165, 1.54) is 0 Å². The predicted molar refractivity (Wildman–Crippen MR) is 88.3 cm³/mol. The molecule has 2 aromatic heterocycles. The van der Waals surface area contributed by atoms with Crippen LogP contribution in [0.4, 0.5) is 4.79 Å². The summed E-state index contributed by atoms with van der Waals surface area (Å²) in [6.45, 7) is 6.71. The third-order valence-corrected chi connectivity index (χ3v) is 3.48. The van der Waals surface area contributed by atoms with Gasteiger partial charge in [-0.3, -0.25) is 4.40 Å². The summed E-state index contributed by atoms with van der Waals surface area (Å²) in [7, 11) is 0. The summed E-state index contributed by atoms with van der Waals surface area (Å²) in [5.74, 6) is 0.888. The number of nitrogens with zero attached hydrogens (tertiary/aromatic N) is 4. The van der Waals surface area contributed by atoms with Gasteiger partial charge in [-0.1, -0.05) is 6.07 Å². The van der Waals surface area contributed by atoms with E-state index in [2.05, 4.69) is 15.5 Å². The second-order valence-electron chi connectivity index (χ2n) is 6.21. The fourth-order valence-corrected chi connectivity index (χ4v) is 2.41. The van der Waals surface area contributed by atoms with Crippen LogP contribution in [0.25, 0.3) is 5.65 Å². The molecule has 0 spiro atoms. The maximum Gasteiger partial charge on any atom is 0.317 e. The Balaban J connectivity index is 1.79. The first-order valence-electron chi connectivity index (χ1n) is 7.94. The Labute approximate surface area is 136 Å². The van der Waals surface area contributed by atoms with Gasteiger partial charge in [0.05, 0.1) is 12.1 Å². The largest absolute Gasteiger partial charge is 0.389 e. The Morgan fingerprint density at radius 2 is 2.17 bits per heavy atom. The van der Waals surface area contributed by atoms with Crippen LogP contribution >= 0.6 is 0 Å². The van der Waals surface area contributed by atoms with Crippen LogP contribution in [0.15, 0.2) is 24.4 Å². The van der Waals surface area contributed by atoms with E-state index in [1.807, 2.05) is 35.7 Å². The van der Waals surface area contributed by atoms with E-state index in [4.69, 9.17) is 0 Å². The van der Waals surface area contributed by atoms with E-state index in [-0.39, 0.29) is 6.03 Å². The van der Waals surface area contributed by atoms with Gasteiger partial charge in [0.15, 0.2) is 5.65 Å². The maximum absolute atomic E-state index is 12.1. The van der Waals surface area contributed by atoms with Gasteiger partial charge < -0.3 is 15.3 Å². The van der Waals surface area contributed by atoms with Gasteiger partial charge >= 0.3 is 6.03 Å². The molecule has 2 rings (SSSR count). The highest BCUT2D eigenvalue weighted by Crippen LogP contribution is 2.06. The quantitative estimate of drug-likeness (QED) is 0.757. The highest BCUT2D eigenvalue weighted by Gasteiger charge is 2.20. The molecule has 7 nitrogen and oxygen atoms in total. The number of amides is 2. The normalized spacial score (nSPS) is 11.7. The molecule has 0 saturated carbocycles. The van der Waals surface area contributed by atoms with E-state index in [1.54, 1.807) is 18.7 Å². The molecule has 0 aliphatic carbocycles. The van der Waals surface area contributed by atoms with Gasteiger partial charge in [0.2, 0.25) is 0 Å². The number of hydrogen-bond donors (Lipinski definition) is 2. The number of carbonyl (C=O) groups is 1. The molecular weight excluding hydrogens is 294 g/mol. The summed E-state index contributed by atoms with van der Waals surface area (Å²) in [4.78, 5) is 13.7. The van der Waals surface area contributed by atoms with Gasteiger partial charge in [-0.15, -0.1) is 10.2 Å². The van der Waals surface area contributed by atoms with E-state index in [9.17, 15) is 9.90 Å². The molecule has 0 saturated heterocycles. The third kappa shape index (κ3) is 4.92. The van der Waals surface area contributed by atoms with Crippen molar-refractivity contribution in [3.05, 3.63) is 30.2 Å². The van der Waals surface area contributed by atoms with Crippen molar-refractivity contribution in [3.63, 3.8) is 0 Å². The Bertz CT molecular complexity index is 647. The molecule has 126 valence electrons. The van der Waals surface area contributed by atoms with Crippen molar-refractivity contribution >= 4 is 11.7 Å². The molecule has 0 fully saturated rings. The van der Waals surface area contributed by atoms with Crippen LogP contribution in [-0.2, 0) is 6.42 Å². The summed E-state index contributed by atoms with van der Waals surface area (Å²) >= 11 is 0. The average molecular weight is 319 g/mol. The number of aliphatic hydroxyl groups is 1. The molecule has 0 atom stereocenters. The zero-order valence-electron chi connectivity index (χ0n) is 14.0. The Morgan fingerprint density at radius 1 is 1.39 bits per heavy atom. The summed E-state index contributed by atoms with van der Waals surface area (Å²) in [5, 5.41) is 21.0. The van der Waals surface area contributed by atoms with Crippen LogP contribution in [0.5, 0.6) is 0 Å². The lowest BCUT2D eigenvalue weighted by Gasteiger charge is -2.28. The number of aromatic nitrogens is 3. The zero-order chi connectivity index (χ0) is 16.9. The van der Waals surface area contributed by atoms with Crippen molar-refractivity contribution in [2.24, 2.45) is 0 Å². The average Bonchev–Trinajstić information content (AvgIpc) is 2.91. The summed E-state index contributed by atoms with van der Waals surface area (Å²) < 4.78 is 1.95. The molecule has 0 aliphatic heterocycles. The number of pyridine rings is 1. The van der Waals surface area contributed by atoms with Gasteiger partial charge in [0.25, 0.3) is 0 Å². The number of urea groups is 1. The van der Waals surface area contributed by atoms with Crippen molar-refractivity contribution in [1.82, 2.24) is 24.8 Å². The molecule has 2 heterocycles. The van der Waals surface area contributed by atoms with Crippen molar-refractivity contribution in [2.45, 2.75) is 39.2 Å². The van der Waals surface area contributed by atoms with Crippen molar-refractivity contribution in [3.8, 4) is 0 Å². The molecule has 2 aromatic rings. The van der Waals surface area contributed by atoms with E-state index in [0.717, 1.165) is 24.3 Å². The second kappa shape index (κ2) is 7.41. The van der Waals surface area contributed by atoms with E-state index in [0.29, 0.717) is 19.6 Å². The van der Waals surface area contributed by atoms with E-state index < -0.39 is 5.60 Å². The van der Waals surface area contributed by atoms with Crippen molar-refractivity contribution in [2.75, 3.05) is 19.6 Å². The Hall–Kier alpha value is -2.15. The van der Waals surface area contributed by atoms with Crippen LogP contribution in [0.1, 0.15) is 33.0 Å². The standard InChI is InChI=1S/C16H25N5O2/c1-4-20(12-16(2,3)23)15(22)17-10-7-9-14-19-18-13-8-5-6-11-21(13)14/h5-6,8,11,23H,4,7,9-10,12H2,1-3H3,(H,17,22). The maximum atomic E-state index is 12.1. The lowest BCUT2D eigenvalue weighted by atomic mass is 10.1. The summed E-state index contributed by atoms with van der Waals surface area (Å²) in [5.41, 5.74) is -0.0674. The highest BCUT2D eigenvalue weighted by molar-refractivity contribution is 5.74. The molecule has 7 heteroatoms. The van der Waals surface area contributed by atoms with Crippen LogP contribution in [-0.4, -0.2) is 55.9 Å². The highest BCUT2D eigenvalue weighted by atomic mass is 16.3. The predicted octanol–water partition coefficient (Wildman–Crippen LogP) is 1.46. The van der Waals surface area contributed by atoms with Gasteiger partial charge in [-0.2, -0.15) is 0 Å². The minimum atomic E-state index is -0.895. The van der Waals surface area contributed by atoms with Crippen LogP contribution < -0.4 is 5.32 Å². The smallest absolute Gasteiger partial charge is 0.317 e. The minimum absolute atomic E-state index is 0.152. The molecular formula is C16H25N5O2. The SMILES string of the molecule is CCN(CC(C)(C)O)C(=O)NCCCc1nnc2ccccn12. The number of likely N-dealkylation sites (N-methyl/N-ethyl adjacent to an activating group) is 1. The molecule has 0 bridgehead atoms. The Kier molecular flexibility index (Phi) is 5.54. The molecule has 2 N–H and O–H groups in total. The van der Waals surface area contributed by atoms with Crippen molar-refractivity contribution in [1.29, 1.82) is 0 Å². The summed E-state index contributed by atoms with van der Waals surface area (Å²) in [6.07, 6.45) is 3.45. The fourth-order valence-electron chi connectivity index (χ4n) is 2.41. The van der Waals surface area contributed by atoms with Crippen LogP contribution in [0.2, 0.25) is 0 Å². The first-order chi connectivity index (χ1) is 10.9. The zero-order valence-corrected chi connectivity index (χ0v) is 14.0. The number of aryl methyl sites for hydroxylation is 1. The fraction of sp³-hybridized carbons (Fsp3) is 0.562. The molecule has 0 unspecified atom stereocenters. The number of carbonyl (C=O) groups excluding carboxylic acids is 1. The van der Waals surface area contributed by atoms with Gasteiger partial charge in [0.1, 0.15) is 5.82 Å². The summed E-state index contributed by atoms with van der Waals surface area (Å²) in [6, 6.07) is 5.63. The van der Waals surface area contributed by atoms with Crippen LogP contribution in [0.3, 0.4) is 0 Å². The lowest BCUT2D eigenvalue weighted by molar-refractivity contribution is 0.0480. The van der Waals surface area contributed by atoms with Crippen molar-refractivity contribution < 1.29 is 9.90 Å². The van der Waals surface area contributed by atoms with Crippen LogP contribution in [0, 0.1) is 0 Å². The Morgan fingerprint density at radius 3 is 2.87 bits per heavy atom. The monoisotopic (exact) mass is 319 g/mol.